The molecular weight excluding hydrogens is 256 g/mol. The van der Waals surface area contributed by atoms with Crippen LogP contribution in [0.3, 0.4) is 0 Å². The van der Waals surface area contributed by atoms with Crippen LogP contribution in [0.4, 0.5) is 5.69 Å². The quantitative estimate of drug-likeness (QED) is 0.907. The molecule has 0 radical (unpaired) electrons. The second kappa shape index (κ2) is 6.62. The topological polar surface area (TPSA) is 29.3 Å². The van der Waals surface area contributed by atoms with E-state index in [0.717, 1.165) is 22.9 Å². The maximum atomic E-state index is 6.35. The summed E-state index contributed by atoms with van der Waals surface area (Å²) < 4.78 is 0. The molecule has 2 nitrogen and oxygen atoms in total. The average molecular weight is 281 g/mol. The molecular formula is C16H25ClN2. The molecule has 1 fully saturated rings. The van der Waals surface area contributed by atoms with E-state index in [9.17, 15) is 0 Å². The van der Waals surface area contributed by atoms with E-state index in [2.05, 4.69) is 37.1 Å². The van der Waals surface area contributed by atoms with Gasteiger partial charge in [-0.05, 0) is 49.4 Å². The average Bonchev–Trinajstić information content (AvgIpc) is 2.41. The number of nitrogens with two attached hydrogens (primary N) is 1. The summed E-state index contributed by atoms with van der Waals surface area (Å²) in [5.74, 6) is 0.765. The van der Waals surface area contributed by atoms with Gasteiger partial charge in [-0.1, -0.05) is 37.4 Å². The lowest BCUT2D eigenvalue weighted by atomic mass is 9.85. The first kappa shape index (κ1) is 14.7. The van der Waals surface area contributed by atoms with Crippen molar-refractivity contribution >= 4 is 17.3 Å². The third-order valence-electron chi connectivity index (χ3n) is 4.42. The molecule has 0 aliphatic heterocycles. The molecule has 2 atom stereocenters. The van der Waals surface area contributed by atoms with Gasteiger partial charge in [-0.25, -0.2) is 0 Å². The van der Waals surface area contributed by atoms with E-state index in [1.54, 1.807) is 0 Å². The Morgan fingerprint density at radius 3 is 2.68 bits per heavy atom. The van der Waals surface area contributed by atoms with Crippen molar-refractivity contribution in [2.24, 2.45) is 11.7 Å². The summed E-state index contributed by atoms with van der Waals surface area (Å²) in [5, 5.41) is 0.846. The molecule has 0 saturated heterocycles. The first-order chi connectivity index (χ1) is 9.13. The van der Waals surface area contributed by atoms with Gasteiger partial charge in [0.2, 0.25) is 0 Å². The first-order valence-electron chi connectivity index (χ1n) is 7.35. The van der Waals surface area contributed by atoms with Gasteiger partial charge in [0.25, 0.3) is 0 Å². The van der Waals surface area contributed by atoms with Crippen molar-refractivity contribution in [3.8, 4) is 0 Å². The SMILES string of the molecule is CC1CCCCC1N(C)c1ccc(CCN)c(Cl)c1. The van der Waals surface area contributed by atoms with Gasteiger partial charge >= 0.3 is 0 Å². The van der Waals surface area contributed by atoms with Crippen LogP contribution >= 0.6 is 11.6 Å². The minimum absolute atomic E-state index is 0.644. The number of anilines is 1. The summed E-state index contributed by atoms with van der Waals surface area (Å²) in [4.78, 5) is 2.40. The first-order valence-corrected chi connectivity index (χ1v) is 7.72. The van der Waals surface area contributed by atoms with E-state index >= 15 is 0 Å². The lowest BCUT2D eigenvalue weighted by Crippen LogP contribution is -2.39. The van der Waals surface area contributed by atoms with Gasteiger partial charge in [0.15, 0.2) is 0 Å². The van der Waals surface area contributed by atoms with Crippen LogP contribution in [0.1, 0.15) is 38.2 Å². The number of nitrogens with zero attached hydrogens (tertiary/aromatic N) is 1. The number of halogens is 1. The highest BCUT2D eigenvalue weighted by Crippen LogP contribution is 2.32. The van der Waals surface area contributed by atoms with Gasteiger partial charge in [-0.2, -0.15) is 0 Å². The Morgan fingerprint density at radius 1 is 1.32 bits per heavy atom. The molecule has 0 amide bonds. The Hall–Kier alpha value is -0.730. The summed E-state index contributed by atoms with van der Waals surface area (Å²) in [7, 11) is 2.20. The molecule has 2 N–H and O–H groups in total. The van der Waals surface area contributed by atoms with Crippen molar-refractivity contribution in [2.75, 3.05) is 18.5 Å². The highest BCUT2D eigenvalue weighted by Gasteiger charge is 2.25. The van der Waals surface area contributed by atoms with Crippen LogP contribution in [-0.4, -0.2) is 19.6 Å². The molecule has 1 aromatic rings. The molecule has 0 heterocycles. The largest absolute Gasteiger partial charge is 0.371 e. The summed E-state index contributed by atoms with van der Waals surface area (Å²) in [6, 6.07) is 7.03. The molecule has 3 heteroatoms. The van der Waals surface area contributed by atoms with Gasteiger partial charge in [0, 0.05) is 23.8 Å². The molecule has 2 rings (SSSR count). The summed E-state index contributed by atoms with van der Waals surface area (Å²) in [6.07, 6.45) is 6.20. The normalized spacial score (nSPS) is 23.4. The Balaban J connectivity index is 2.14. The highest BCUT2D eigenvalue weighted by atomic mass is 35.5. The van der Waals surface area contributed by atoms with E-state index in [0.29, 0.717) is 12.6 Å². The molecule has 19 heavy (non-hydrogen) atoms. The van der Waals surface area contributed by atoms with Gasteiger partial charge in [-0.15, -0.1) is 0 Å². The van der Waals surface area contributed by atoms with Gasteiger partial charge in [0.05, 0.1) is 0 Å². The third kappa shape index (κ3) is 3.43. The second-order valence-corrected chi connectivity index (χ2v) is 6.16. The molecule has 0 aromatic heterocycles. The van der Waals surface area contributed by atoms with Gasteiger partial charge in [-0.3, -0.25) is 0 Å². The maximum absolute atomic E-state index is 6.35. The van der Waals surface area contributed by atoms with E-state index in [-0.39, 0.29) is 0 Å². The van der Waals surface area contributed by atoms with Crippen LogP contribution in [0.2, 0.25) is 5.02 Å². The van der Waals surface area contributed by atoms with Gasteiger partial charge in [0.1, 0.15) is 0 Å². The van der Waals surface area contributed by atoms with Crippen molar-refractivity contribution in [2.45, 2.75) is 45.1 Å². The van der Waals surface area contributed by atoms with Crippen LogP contribution in [0.15, 0.2) is 18.2 Å². The highest BCUT2D eigenvalue weighted by molar-refractivity contribution is 6.31. The molecule has 1 aliphatic rings. The summed E-state index contributed by atoms with van der Waals surface area (Å²) in [6.45, 7) is 3.01. The van der Waals surface area contributed by atoms with E-state index in [1.165, 1.54) is 31.4 Å². The Bertz CT molecular complexity index is 419. The fourth-order valence-electron chi connectivity index (χ4n) is 3.18. The minimum atomic E-state index is 0.644. The van der Waals surface area contributed by atoms with Crippen LogP contribution in [0.25, 0.3) is 0 Å². The van der Waals surface area contributed by atoms with Crippen LogP contribution < -0.4 is 10.6 Å². The molecule has 1 aromatic carbocycles. The monoisotopic (exact) mass is 280 g/mol. The fourth-order valence-corrected chi connectivity index (χ4v) is 3.45. The molecule has 2 unspecified atom stereocenters. The second-order valence-electron chi connectivity index (χ2n) is 5.75. The van der Waals surface area contributed by atoms with Crippen molar-refractivity contribution in [1.82, 2.24) is 0 Å². The lowest BCUT2D eigenvalue weighted by molar-refractivity contribution is 0.321. The zero-order valence-corrected chi connectivity index (χ0v) is 12.8. The molecule has 106 valence electrons. The van der Waals surface area contributed by atoms with Crippen molar-refractivity contribution in [3.05, 3.63) is 28.8 Å². The standard InChI is InChI=1S/C16H25ClN2/c1-12-5-3-4-6-16(12)19(2)14-8-7-13(9-10-18)15(17)11-14/h7-8,11-12,16H,3-6,9-10,18H2,1-2H3. The van der Waals surface area contributed by atoms with Crippen LogP contribution in [0, 0.1) is 5.92 Å². The number of rotatable bonds is 4. The fraction of sp³-hybridized carbons (Fsp3) is 0.625. The van der Waals surface area contributed by atoms with Crippen molar-refractivity contribution < 1.29 is 0 Å². The lowest BCUT2D eigenvalue weighted by Gasteiger charge is -2.37. The smallest absolute Gasteiger partial charge is 0.0459 e. The van der Waals surface area contributed by atoms with E-state index in [1.807, 2.05) is 0 Å². The zero-order chi connectivity index (χ0) is 13.8. The molecule has 0 bridgehead atoms. The predicted octanol–water partition coefficient (Wildman–Crippen LogP) is 3.86. The maximum Gasteiger partial charge on any atom is 0.0459 e. The van der Waals surface area contributed by atoms with Crippen molar-refractivity contribution in [3.63, 3.8) is 0 Å². The molecule has 1 saturated carbocycles. The van der Waals surface area contributed by atoms with Crippen LogP contribution in [0.5, 0.6) is 0 Å². The Labute approximate surface area is 121 Å². The van der Waals surface area contributed by atoms with Crippen molar-refractivity contribution in [1.29, 1.82) is 0 Å². The summed E-state index contributed by atoms with van der Waals surface area (Å²) in [5.41, 5.74) is 7.97. The number of hydrogen-bond acceptors (Lipinski definition) is 2. The number of hydrogen-bond donors (Lipinski definition) is 1. The van der Waals surface area contributed by atoms with Gasteiger partial charge < -0.3 is 10.6 Å². The zero-order valence-electron chi connectivity index (χ0n) is 12.0. The molecule has 0 spiro atoms. The Morgan fingerprint density at radius 2 is 2.05 bits per heavy atom. The minimum Gasteiger partial charge on any atom is -0.371 e. The van der Waals surface area contributed by atoms with E-state index < -0.39 is 0 Å². The third-order valence-corrected chi connectivity index (χ3v) is 4.77. The number of benzene rings is 1. The Kier molecular flexibility index (Phi) is 5.12. The van der Waals surface area contributed by atoms with Crippen LogP contribution in [-0.2, 0) is 6.42 Å². The predicted molar refractivity (Wildman–Crippen MR) is 84.0 cm³/mol. The van der Waals surface area contributed by atoms with E-state index in [4.69, 9.17) is 17.3 Å². The summed E-state index contributed by atoms with van der Waals surface area (Å²) >= 11 is 6.35. The molecule has 1 aliphatic carbocycles.